The molecule has 3 rings (SSSR count). The van der Waals surface area contributed by atoms with Crippen LogP contribution in [0.2, 0.25) is 0 Å². The summed E-state index contributed by atoms with van der Waals surface area (Å²) >= 11 is 0. The van der Waals surface area contributed by atoms with E-state index in [1.807, 2.05) is 25.9 Å². The van der Waals surface area contributed by atoms with E-state index in [9.17, 15) is 35.1 Å². The van der Waals surface area contributed by atoms with E-state index in [2.05, 4.69) is 0 Å². The Morgan fingerprint density at radius 2 is 1.49 bits per heavy atom. The third-order valence-corrected chi connectivity index (χ3v) is 11.8. The summed E-state index contributed by atoms with van der Waals surface area (Å²) in [6.07, 6.45) is -9.69. The molecule has 3 aliphatic heterocycles. The number of Topliss-reactive ketones (excluding diaryl/α,β-unsaturated/α-hetero) is 1. The fraction of sp³-hybridized carbons (Fsp3) is 0.946. The molecular weight excluding hydrogens is 666 g/mol. The minimum absolute atomic E-state index is 0.0899. The topological polar surface area (TPSA) is 194 Å². The lowest BCUT2D eigenvalue weighted by atomic mass is 9.74. The molecule has 0 aromatic carbocycles. The first-order valence-corrected chi connectivity index (χ1v) is 18.5. The first kappa shape index (κ1) is 44.1. The second kappa shape index (κ2) is 17.0. The van der Waals surface area contributed by atoms with Gasteiger partial charge in [-0.25, -0.2) is 0 Å². The van der Waals surface area contributed by atoms with E-state index in [1.54, 1.807) is 41.5 Å². The minimum atomic E-state index is -1.98. The molecule has 0 spiro atoms. The number of nitrogens with zero attached hydrogens (tertiary/aromatic N) is 1. The average Bonchev–Trinajstić information content (AvgIpc) is 3.05. The van der Waals surface area contributed by atoms with Gasteiger partial charge in [0, 0.05) is 37.3 Å². The van der Waals surface area contributed by atoms with Crippen LogP contribution in [-0.2, 0) is 38.0 Å². The SMILES string of the molecule is CC[C@H]1OC(=O)[C@H](C)[C@@H](O[C@H]2CC(C)(O)[C@@H](O)[C@H](C)O2)[C@H](C)[C@@H](O[C@@H]2O[C@H](C)C[C@H](N(C)C)[C@H]2O)[C@](C)(OC)C[C@@H](C)C(=O)[C@H](C)[C@@H](O)[C@]1(C)O. The van der Waals surface area contributed by atoms with Crippen molar-refractivity contribution in [3.05, 3.63) is 0 Å². The van der Waals surface area contributed by atoms with Crippen molar-refractivity contribution in [2.45, 2.75) is 179 Å². The van der Waals surface area contributed by atoms with Crippen LogP contribution < -0.4 is 0 Å². The second-order valence-electron chi connectivity index (χ2n) is 16.5. The van der Waals surface area contributed by atoms with Gasteiger partial charge in [0.1, 0.15) is 29.7 Å². The summed E-state index contributed by atoms with van der Waals surface area (Å²) in [6.45, 7) is 16.5. The van der Waals surface area contributed by atoms with Crippen LogP contribution >= 0.6 is 0 Å². The molecule has 0 aromatic heterocycles. The van der Waals surface area contributed by atoms with Gasteiger partial charge in [-0.05, 0) is 74.9 Å². The third kappa shape index (κ3) is 9.51. The highest BCUT2D eigenvalue weighted by molar-refractivity contribution is 5.83. The Morgan fingerprint density at radius 1 is 0.882 bits per heavy atom. The molecule has 3 aliphatic rings. The maximum Gasteiger partial charge on any atom is 0.311 e. The van der Waals surface area contributed by atoms with Crippen LogP contribution in [-0.4, -0.2) is 148 Å². The number of ketones is 1. The summed E-state index contributed by atoms with van der Waals surface area (Å²) in [5, 5.41) is 56.2. The lowest BCUT2D eigenvalue weighted by Crippen LogP contribution is -2.61. The predicted molar refractivity (Wildman–Crippen MR) is 186 cm³/mol. The van der Waals surface area contributed by atoms with Crippen LogP contribution in [0, 0.1) is 23.7 Å². The molecule has 14 heteroatoms. The van der Waals surface area contributed by atoms with Gasteiger partial charge in [-0.1, -0.05) is 27.7 Å². The first-order chi connectivity index (χ1) is 23.4. The lowest BCUT2D eigenvalue weighted by Gasteiger charge is -2.49. The minimum Gasteiger partial charge on any atom is -0.459 e. The van der Waals surface area contributed by atoms with Crippen molar-refractivity contribution in [3.8, 4) is 0 Å². The Hall–Kier alpha value is -1.30. The molecule has 3 heterocycles. The number of carbonyl (C=O) groups excluding carboxylic acids is 2. The van der Waals surface area contributed by atoms with E-state index in [0.29, 0.717) is 6.42 Å². The van der Waals surface area contributed by atoms with Gasteiger partial charge in [0.25, 0.3) is 0 Å². The van der Waals surface area contributed by atoms with Gasteiger partial charge in [-0.2, -0.15) is 0 Å². The number of hydrogen-bond donors (Lipinski definition) is 5. The number of cyclic esters (lactones) is 1. The van der Waals surface area contributed by atoms with Crippen molar-refractivity contribution in [3.63, 3.8) is 0 Å². The number of esters is 1. The molecule has 3 fully saturated rings. The maximum absolute atomic E-state index is 14.1. The molecule has 0 bridgehead atoms. The van der Waals surface area contributed by atoms with E-state index >= 15 is 0 Å². The van der Waals surface area contributed by atoms with E-state index < -0.39 is 102 Å². The number of likely N-dealkylation sites (N-methyl/N-ethyl adjacent to an activating group) is 1. The van der Waals surface area contributed by atoms with Crippen LogP contribution in [0.4, 0.5) is 0 Å². The van der Waals surface area contributed by atoms with Crippen molar-refractivity contribution in [1.82, 2.24) is 4.90 Å². The van der Waals surface area contributed by atoms with Gasteiger partial charge in [-0.3, -0.25) is 9.59 Å². The van der Waals surface area contributed by atoms with E-state index in [1.165, 1.54) is 27.9 Å². The van der Waals surface area contributed by atoms with Gasteiger partial charge < -0.3 is 58.9 Å². The fourth-order valence-electron chi connectivity index (χ4n) is 8.40. The molecular formula is C37H67NO13. The zero-order chi connectivity index (χ0) is 39.0. The average molecular weight is 734 g/mol. The van der Waals surface area contributed by atoms with Crippen molar-refractivity contribution < 1.29 is 63.5 Å². The zero-order valence-corrected chi connectivity index (χ0v) is 32.9. The Balaban J connectivity index is 2.21. The normalized spacial score (nSPS) is 49.7. The summed E-state index contributed by atoms with van der Waals surface area (Å²) in [5.41, 5.74) is -4.82. The first-order valence-electron chi connectivity index (χ1n) is 18.5. The number of rotatable bonds is 7. The Bertz CT molecular complexity index is 1170. The van der Waals surface area contributed by atoms with E-state index in [0.717, 1.165) is 0 Å². The second-order valence-corrected chi connectivity index (χ2v) is 16.5. The number of methoxy groups -OCH3 is 1. The van der Waals surface area contributed by atoms with Gasteiger partial charge in [0.15, 0.2) is 12.6 Å². The molecule has 18 atom stereocenters. The molecule has 0 amide bonds. The fourth-order valence-corrected chi connectivity index (χ4v) is 8.40. The van der Waals surface area contributed by atoms with Gasteiger partial charge in [0.2, 0.25) is 0 Å². The summed E-state index contributed by atoms with van der Waals surface area (Å²) < 4.78 is 37.7. The van der Waals surface area contributed by atoms with Crippen LogP contribution in [0.1, 0.15) is 94.9 Å². The molecule has 298 valence electrons. The Labute approximate surface area is 304 Å². The molecule has 0 aromatic rings. The molecule has 0 saturated carbocycles. The van der Waals surface area contributed by atoms with Crippen molar-refractivity contribution in [1.29, 1.82) is 0 Å². The van der Waals surface area contributed by atoms with Gasteiger partial charge in [0.05, 0.1) is 47.6 Å². The van der Waals surface area contributed by atoms with E-state index in [4.69, 9.17) is 28.4 Å². The number of hydrogen-bond acceptors (Lipinski definition) is 14. The number of carbonyl (C=O) groups is 2. The molecule has 0 aliphatic carbocycles. The van der Waals surface area contributed by atoms with Gasteiger partial charge in [-0.15, -0.1) is 0 Å². The highest BCUT2D eigenvalue weighted by atomic mass is 16.7. The lowest BCUT2D eigenvalue weighted by molar-refractivity contribution is -0.318. The molecule has 3 saturated heterocycles. The van der Waals surface area contributed by atoms with Crippen LogP contribution in [0.25, 0.3) is 0 Å². The van der Waals surface area contributed by atoms with Crippen molar-refractivity contribution in [2.24, 2.45) is 23.7 Å². The summed E-state index contributed by atoms with van der Waals surface area (Å²) in [5.74, 6) is -4.63. The Morgan fingerprint density at radius 3 is 2.02 bits per heavy atom. The number of ether oxygens (including phenoxy) is 6. The van der Waals surface area contributed by atoms with E-state index in [-0.39, 0.29) is 37.2 Å². The molecule has 14 nitrogen and oxygen atoms in total. The van der Waals surface area contributed by atoms with Crippen LogP contribution in [0.3, 0.4) is 0 Å². The number of aliphatic hydroxyl groups excluding tert-OH is 3. The standard InChI is InChI=1S/C37H67NO13/c1-14-25-37(10,45)30(41)20(4)27(39)18(2)16-36(9,46-13)32(51-34-28(40)24(38(11)12)15-19(3)47-34)21(5)29(22(6)33(43)49-25)50-26-17-35(8,44)31(42)23(7)48-26/h18-26,28-32,34,40-42,44-45H,14-17H2,1-13H3/t18-,19-,20+,21+,22-,23+,24+,25-,26+,28-,29+,30-,31+,32-,34+,35?,36-,37-/m1/s1. The molecule has 0 radical (unpaired) electrons. The smallest absolute Gasteiger partial charge is 0.311 e. The maximum atomic E-state index is 14.1. The largest absolute Gasteiger partial charge is 0.459 e. The van der Waals surface area contributed by atoms with Gasteiger partial charge >= 0.3 is 5.97 Å². The predicted octanol–water partition coefficient (Wildman–Crippen LogP) is 1.79. The van der Waals surface area contributed by atoms with Crippen molar-refractivity contribution >= 4 is 11.8 Å². The summed E-state index contributed by atoms with van der Waals surface area (Å²) in [6, 6.07) is -0.297. The number of aliphatic hydroxyl groups is 5. The molecule has 5 N–H and O–H groups in total. The molecule has 1 unspecified atom stereocenters. The van der Waals surface area contributed by atoms with Crippen LogP contribution in [0.5, 0.6) is 0 Å². The zero-order valence-electron chi connectivity index (χ0n) is 32.9. The molecule has 51 heavy (non-hydrogen) atoms. The highest BCUT2D eigenvalue weighted by Gasteiger charge is 2.53. The van der Waals surface area contributed by atoms with Crippen molar-refractivity contribution in [2.75, 3.05) is 21.2 Å². The highest BCUT2D eigenvalue weighted by Crippen LogP contribution is 2.41. The summed E-state index contributed by atoms with van der Waals surface area (Å²) in [7, 11) is 5.22. The quantitative estimate of drug-likeness (QED) is 0.238. The summed E-state index contributed by atoms with van der Waals surface area (Å²) in [4.78, 5) is 29.9. The third-order valence-electron chi connectivity index (χ3n) is 11.8. The van der Waals surface area contributed by atoms with Crippen LogP contribution in [0.15, 0.2) is 0 Å². The Kier molecular flexibility index (Phi) is 14.7. The monoisotopic (exact) mass is 733 g/mol.